The van der Waals surface area contributed by atoms with Gasteiger partial charge in [0.25, 0.3) is 0 Å². The Labute approximate surface area is 158 Å². The number of hydrogen-bond acceptors (Lipinski definition) is 5. The van der Waals surface area contributed by atoms with E-state index < -0.39 is 0 Å². The molecule has 0 radical (unpaired) electrons. The number of carbonyl (C=O) groups excluding carboxylic acids is 1. The molecule has 4 rings (SSSR count). The number of nitrogens with one attached hydrogen (secondary N) is 3. The van der Waals surface area contributed by atoms with Crippen molar-refractivity contribution >= 4 is 34.7 Å². The Morgan fingerprint density at radius 3 is 2.44 bits per heavy atom. The molecule has 0 saturated heterocycles. The SMILES string of the molecule is CC(=O)Nc1ccc(Nc2nccc(Nc3ccc4c(c3)CCC4)n2)cc1. The molecule has 0 aliphatic heterocycles. The first-order valence-corrected chi connectivity index (χ1v) is 9.02. The number of amides is 1. The molecule has 3 N–H and O–H groups in total. The Morgan fingerprint density at radius 2 is 1.63 bits per heavy atom. The second kappa shape index (κ2) is 7.45. The number of aryl methyl sites for hydroxylation is 2. The summed E-state index contributed by atoms with van der Waals surface area (Å²) in [6, 6.07) is 15.7. The minimum atomic E-state index is -0.0932. The fourth-order valence-corrected chi connectivity index (χ4v) is 3.26. The van der Waals surface area contributed by atoms with Crippen LogP contribution < -0.4 is 16.0 Å². The highest BCUT2D eigenvalue weighted by Crippen LogP contribution is 2.26. The summed E-state index contributed by atoms with van der Waals surface area (Å²) < 4.78 is 0. The van der Waals surface area contributed by atoms with Crippen molar-refractivity contribution in [2.75, 3.05) is 16.0 Å². The molecule has 1 amide bonds. The van der Waals surface area contributed by atoms with E-state index in [1.54, 1.807) is 6.20 Å². The Kier molecular flexibility index (Phi) is 4.70. The number of aromatic nitrogens is 2. The van der Waals surface area contributed by atoms with E-state index in [1.807, 2.05) is 30.3 Å². The van der Waals surface area contributed by atoms with E-state index in [2.05, 4.69) is 44.1 Å². The van der Waals surface area contributed by atoms with Gasteiger partial charge in [0, 0.05) is 30.2 Å². The maximum absolute atomic E-state index is 11.1. The molecule has 0 bridgehead atoms. The van der Waals surface area contributed by atoms with E-state index in [1.165, 1.54) is 30.9 Å². The lowest BCUT2D eigenvalue weighted by atomic mass is 10.1. The van der Waals surface area contributed by atoms with Crippen molar-refractivity contribution in [1.29, 1.82) is 0 Å². The van der Waals surface area contributed by atoms with Gasteiger partial charge in [0.05, 0.1) is 0 Å². The van der Waals surface area contributed by atoms with Gasteiger partial charge >= 0.3 is 0 Å². The van der Waals surface area contributed by atoms with Crippen molar-refractivity contribution in [3.05, 3.63) is 65.9 Å². The number of nitrogens with zero attached hydrogens (tertiary/aromatic N) is 2. The third kappa shape index (κ3) is 4.23. The van der Waals surface area contributed by atoms with E-state index in [9.17, 15) is 4.79 Å². The van der Waals surface area contributed by atoms with Crippen molar-refractivity contribution in [3.8, 4) is 0 Å². The second-order valence-electron chi connectivity index (χ2n) is 6.61. The molecule has 6 heteroatoms. The summed E-state index contributed by atoms with van der Waals surface area (Å²) in [7, 11) is 0. The first-order chi connectivity index (χ1) is 13.2. The number of rotatable bonds is 5. The molecule has 0 spiro atoms. The molecule has 136 valence electrons. The summed E-state index contributed by atoms with van der Waals surface area (Å²) >= 11 is 0. The average molecular weight is 359 g/mol. The topological polar surface area (TPSA) is 78.9 Å². The van der Waals surface area contributed by atoms with Crippen molar-refractivity contribution in [3.63, 3.8) is 0 Å². The van der Waals surface area contributed by atoms with Crippen LogP contribution in [0.5, 0.6) is 0 Å². The molecule has 6 nitrogen and oxygen atoms in total. The van der Waals surface area contributed by atoms with Gasteiger partial charge < -0.3 is 16.0 Å². The second-order valence-corrected chi connectivity index (χ2v) is 6.61. The van der Waals surface area contributed by atoms with Gasteiger partial charge in [-0.05, 0) is 72.9 Å². The van der Waals surface area contributed by atoms with E-state index in [-0.39, 0.29) is 5.91 Å². The molecule has 0 unspecified atom stereocenters. The minimum Gasteiger partial charge on any atom is -0.340 e. The number of fused-ring (bicyclic) bond motifs is 1. The van der Waals surface area contributed by atoms with Crippen LogP contribution in [0.2, 0.25) is 0 Å². The van der Waals surface area contributed by atoms with Crippen LogP contribution >= 0.6 is 0 Å². The summed E-state index contributed by atoms with van der Waals surface area (Å²) in [5.74, 6) is 1.15. The van der Waals surface area contributed by atoms with Crippen molar-refractivity contribution in [2.24, 2.45) is 0 Å². The van der Waals surface area contributed by atoms with Crippen LogP contribution in [0.4, 0.5) is 28.8 Å². The van der Waals surface area contributed by atoms with Crippen molar-refractivity contribution in [1.82, 2.24) is 9.97 Å². The highest BCUT2D eigenvalue weighted by Gasteiger charge is 2.11. The zero-order valence-electron chi connectivity index (χ0n) is 15.1. The zero-order chi connectivity index (χ0) is 18.6. The molecular weight excluding hydrogens is 338 g/mol. The third-order valence-electron chi connectivity index (χ3n) is 4.49. The molecular formula is C21H21N5O. The number of benzene rings is 2. The van der Waals surface area contributed by atoms with Crippen LogP contribution in [0.3, 0.4) is 0 Å². The average Bonchev–Trinajstić information content (AvgIpc) is 3.11. The Bertz CT molecular complexity index is 969. The van der Waals surface area contributed by atoms with Crippen molar-refractivity contribution < 1.29 is 4.79 Å². The van der Waals surface area contributed by atoms with E-state index >= 15 is 0 Å². The maximum Gasteiger partial charge on any atom is 0.229 e. The van der Waals surface area contributed by atoms with Gasteiger partial charge in [-0.1, -0.05) is 6.07 Å². The monoisotopic (exact) mass is 359 g/mol. The van der Waals surface area contributed by atoms with Gasteiger partial charge in [0.1, 0.15) is 5.82 Å². The molecule has 3 aromatic rings. The van der Waals surface area contributed by atoms with Crippen LogP contribution in [0.15, 0.2) is 54.7 Å². The predicted molar refractivity (Wildman–Crippen MR) is 108 cm³/mol. The van der Waals surface area contributed by atoms with Gasteiger partial charge in [0.15, 0.2) is 0 Å². The van der Waals surface area contributed by atoms with Crippen LogP contribution in [0.1, 0.15) is 24.5 Å². The van der Waals surface area contributed by atoms with Gasteiger partial charge in [0.2, 0.25) is 11.9 Å². The predicted octanol–water partition coefficient (Wildman–Crippen LogP) is 4.41. The van der Waals surface area contributed by atoms with Crippen molar-refractivity contribution in [2.45, 2.75) is 26.2 Å². The summed E-state index contributed by atoms with van der Waals surface area (Å²) in [6.45, 7) is 1.49. The molecule has 1 aliphatic rings. The Morgan fingerprint density at radius 1 is 0.889 bits per heavy atom. The summed E-state index contributed by atoms with van der Waals surface area (Å²) in [4.78, 5) is 19.9. The van der Waals surface area contributed by atoms with Crippen LogP contribution in [0, 0.1) is 0 Å². The lowest BCUT2D eigenvalue weighted by Crippen LogP contribution is -2.05. The molecule has 0 atom stereocenters. The van der Waals surface area contributed by atoms with Gasteiger partial charge in [-0.3, -0.25) is 4.79 Å². The van der Waals surface area contributed by atoms with Gasteiger partial charge in [-0.2, -0.15) is 4.98 Å². The quantitative estimate of drug-likeness (QED) is 0.629. The van der Waals surface area contributed by atoms with Crippen LogP contribution in [-0.2, 0) is 17.6 Å². The first kappa shape index (κ1) is 17.0. The van der Waals surface area contributed by atoms with E-state index in [0.29, 0.717) is 5.95 Å². The highest BCUT2D eigenvalue weighted by atomic mass is 16.1. The largest absolute Gasteiger partial charge is 0.340 e. The summed E-state index contributed by atoms with van der Waals surface area (Å²) in [5.41, 5.74) is 5.51. The van der Waals surface area contributed by atoms with Crippen LogP contribution in [-0.4, -0.2) is 15.9 Å². The minimum absolute atomic E-state index is 0.0932. The summed E-state index contributed by atoms with van der Waals surface area (Å²) in [5, 5.41) is 9.27. The maximum atomic E-state index is 11.1. The lowest BCUT2D eigenvalue weighted by molar-refractivity contribution is -0.114. The molecule has 27 heavy (non-hydrogen) atoms. The molecule has 1 aromatic heterocycles. The number of carbonyl (C=O) groups is 1. The standard InChI is InChI=1S/C21H21N5O/c1-14(27)23-17-7-9-18(10-8-17)25-21-22-12-11-20(26-21)24-19-6-5-15-3-2-4-16(15)13-19/h5-13H,2-4H2,1H3,(H,23,27)(H2,22,24,25,26). The lowest BCUT2D eigenvalue weighted by Gasteiger charge is -2.10. The zero-order valence-corrected chi connectivity index (χ0v) is 15.1. The molecule has 2 aromatic carbocycles. The van der Waals surface area contributed by atoms with Gasteiger partial charge in [-0.15, -0.1) is 0 Å². The Balaban J connectivity index is 1.45. The number of hydrogen-bond donors (Lipinski definition) is 3. The number of anilines is 5. The highest BCUT2D eigenvalue weighted by molar-refractivity contribution is 5.88. The van der Waals surface area contributed by atoms with E-state index in [0.717, 1.165) is 29.3 Å². The third-order valence-corrected chi connectivity index (χ3v) is 4.49. The summed E-state index contributed by atoms with van der Waals surface area (Å²) in [6.07, 6.45) is 5.28. The fourth-order valence-electron chi connectivity index (χ4n) is 3.26. The molecule has 1 heterocycles. The molecule has 0 saturated carbocycles. The first-order valence-electron chi connectivity index (χ1n) is 9.02. The normalized spacial score (nSPS) is 12.3. The molecule has 0 fully saturated rings. The Hall–Kier alpha value is -3.41. The van der Waals surface area contributed by atoms with Gasteiger partial charge in [-0.25, -0.2) is 4.98 Å². The fraction of sp³-hybridized carbons (Fsp3) is 0.190. The smallest absolute Gasteiger partial charge is 0.229 e. The van der Waals surface area contributed by atoms with Crippen LogP contribution in [0.25, 0.3) is 0 Å². The molecule has 1 aliphatic carbocycles. The van der Waals surface area contributed by atoms with E-state index in [4.69, 9.17) is 0 Å².